The zero-order valence-electron chi connectivity index (χ0n) is 10.0. The minimum absolute atomic E-state index is 0.0306. The van der Waals surface area contributed by atoms with Crippen molar-refractivity contribution >= 4 is 23.1 Å². The highest BCUT2D eigenvalue weighted by molar-refractivity contribution is 6.29. The van der Waals surface area contributed by atoms with Gasteiger partial charge in [0.25, 0.3) is 0 Å². The Morgan fingerprint density at radius 1 is 1.21 bits per heavy atom. The van der Waals surface area contributed by atoms with E-state index in [0.29, 0.717) is 17.1 Å². The quantitative estimate of drug-likeness (QED) is 0.455. The molecular weight excluding hydrogens is 268 g/mol. The average Bonchev–Trinajstić information content (AvgIpc) is 2.40. The summed E-state index contributed by atoms with van der Waals surface area (Å²) in [4.78, 5) is 0. The summed E-state index contributed by atoms with van der Waals surface area (Å²) in [6, 6.07) is 7.40. The average molecular weight is 279 g/mol. The molecule has 2 aromatic rings. The third-order valence-electron chi connectivity index (χ3n) is 2.34. The van der Waals surface area contributed by atoms with E-state index in [1.807, 2.05) is 0 Å². The molecule has 7 heteroatoms. The fraction of sp³-hybridized carbons (Fsp3) is 0.0833. The van der Waals surface area contributed by atoms with E-state index < -0.39 is 0 Å². The first kappa shape index (κ1) is 13.1. The number of nitrogens with zero attached hydrogens (tertiary/aromatic N) is 3. The number of halogens is 1. The van der Waals surface area contributed by atoms with Gasteiger partial charge in [0.1, 0.15) is 11.5 Å². The molecule has 0 fully saturated rings. The molecule has 1 aromatic heterocycles. The van der Waals surface area contributed by atoms with Crippen LogP contribution in [0.4, 0.5) is 5.82 Å². The van der Waals surface area contributed by atoms with Gasteiger partial charge in [-0.25, -0.2) is 0 Å². The number of phenols is 2. The summed E-state index contributed by atoms with van der Waals surface area (Å²) >= 11 is 5.61. The second-order valence-electron chi connectivity index (χ2n) is 3.75. The maximum absolute atomic E-state index is 9.67. The number of anilines is 1. The second-order valence-corrected chi connectivity index (χ2v) is 4.14. The van der Waals surface area contributed by atoms with Crippen LogP contribution < -0.4 is 5.43 Å². The third kappa shape index (κ3) is 3.32. The molecule has 0 amide bonds. The molecule has 6 nitrogen and oxygen atoms in total. The number of hydrazone groups is 1. The standard InChI is InChI=1S/C12H11ClN4O2/c1-7(9-6-8(18)2-3-10(9)19)14-16-12-5-4-11(13)15-17-12/h2-6,18-19H,1H3,(H,16,17)/b14-7+. The first-order valence-corrected chi connectivity index (χ1v) is 5.76. The largest absolute Gasteiger partial charge is 0.508 e. The summed E-state index contributed by atoms with van der Waals surface area (Å²) in [5.41, 5.74) is 3.60. The number of hydrogen-bond donors (Lipinski definition) is 3. The number of rotatable bonds is 3. The van der Waals surface area contributed by atoms with Crippen LogP contribution in [0, 0.1) is 0 Å². The third-order valence-corrected chi connectivity index (χ3v) is 2.54. The van der Waals surface area contributed by atoms with Crippen molar-refractivity contribution < 1.29 is 10.2 Å². The minimum Gasteiger partial charge on any atom is -0.508 e. The summed E-state index contributed by atoms with van der Waals surface area (Å²) in [5, 5.41) is 30.8. The van der Waals surface area contributed by atoms with Crippen molar-refractivity contribution in [1.82, 2.24) is 10.2 Å². The van der Waals surface area contributed by atoms with Crippen molar-refractivity contribution in [1.29, 1.82) is 0 Å². The lowest BCUT2D eigenvalue weighted by Gasteiger charge is -2.05. The lowest BCUT2D eigenvalue weighted by Crippen LogP contribution is -2.01. The summed E-state index contributed by atoms with van der Waals surface area (Å²) < 4.78 is 0. The van der Waals surface area contributed by atoms with Gasteiger partial charge in [-0.3, -0.25) is 5.43 Å². The van der Waals surface area contributed by atoms with Gasteiger partial charge < -0.3 is 10.2 Å². The van der Waals surface area contributed by atoms with E-state index >= 15 is 0 Å². The molecule has 1 heterocycles. The van der Waals surface area contributed by atoms with E-state index in [0.717, 1.165) is 0 Å². The fourth-order valence-electron chi connectivity index (χ4n) is 1.39. The Balaban J connectivity index is 2.19. The van der Waals surface area contributed by atoms with Crippen LogP contribution >= 0.6 is 11.6 Å². The first-order chi connectivity index (χ1) is 9.06. The zero-order valence-corrected chi connectivity index (χ0v) is 10.8. The molecule has 0 aliphatic heterocycles. The van der Waals surface area contributed by atoms with E-state index in [2.05, 4.69) is 20.7 Å². The number of hydrogen-bond acceptors (Lipinski definition) is 6. The van der Waals surface area contributed by atoms with E-state index in [-0.39, 0.29) is 16.7 Å². The van der Waals surface area contributed by atoms with Crippen LogP contribution in [0.1, 0.15) is 12.5 Å². The molecule has 0 spiro atoms. The fourth-order valence-corrected chi connectivity index (χ4v) is 1.49. The number of aromatic hydroxyl groups is 2. The molecular formula is C12H11ClN4O2. The van der Waals surface area contributed by atoms with Crippen LogP contribution in [0.5, 0.6) is 11.5 Å². The topological polar surface area (TPSA) is 90.6 Å². The molecule has 0 aliphatic carbocycles. The SMILES string of the molecule is C/C(=N\Nc1ccc(Cl)nn1)c1cc(O)ccc1O. The Bertz CT molecular complexity index is 614. The number of phenolic OH excluding ortho intramolecular Hbond substituents is 2. The highest BCUT2D eigenvalue weighted by Gasteiger charge is 2.06. The lowest BCUT2D eigenvalue weighted by molar-refractivity contribution is 0.459. The maximum Gasteiger partial charge on any atom is 0.168 e. The zero-order chi connectivity index (χ0) is 13.8. The van der Waals surface area contributed by atoms with Crippen molar-refractivity contribution in [2.75, 3.05) is 5.43 Å². The molecule has 0 bridgehead atoms. The molecule has 2 rings (SSSR count). The molecule has 98 valence electrons. The van der Waals surface area contributed by atoms with Crippen LogP contribution in [0.15, 0.2) is 35.4 Å². The molecule has 0 saturated carbocycles. The maximum atomic E-state index is 9.67. The van der Waals surface area contributed by atoms with Crippen molar-refractivity contribution in [3.63, 3.8) is 0 Å². The summed E-state index contributed by atoms with van der Waals surface area (Å²) in [5.74, 6) is 0.500. The second kappa shape index (κ2) is 5.53. The summed E-state index contributed by atoms with van der Waals surface area (Å²) in [6.45, 7) is 1.69. The van der Waals surface area contributed by atoms with Crippen LogP contribution in [0.25, 0.3) is 0 Å². The molecule has 1 aromatic carbocycles. The van der Waals surface area contributed by atoms with Crippen LogP contribution in [0.3, 0.4) is 0 Å². The Labute approximate surface area is 114 Å². The van der Waals surface area contributed by atoms with Crippen LogP contribution in [-0.2, 0) is 0 Å². The number of benzene rings is 1. The lowest BCUT2D eigenvalue weighted by atomic mass is 10.1. The summed E-state index contributed by atoms with van der Waals surface area (Å²) in [6.07, 6.45) is 0. The van der Waals surface area contributed by atoms with E-state index in [9.17, 15) is 10.2 Å². The van der Waals surface area contributed by atoms with Crippen molar-refractivity contribution in [3.8, 4) is 11.5 Å². The predicted molar refractivity (Wildman–Crippen MR) is 72.6 cm³/mol. The van der Waals surface area contributed by atoms with Crippen molar-refractivity contribution in [3.05, 3.63) is 41.0 Å². The normalized spacial score (nSPS) is 11.4. The van der Waals surface area contributed by atoms with Gasteiger partial charge in [-0.15, -0.1) is 10.2 Å². The van der Waals surface area contributed by atoms with Gasteiger partial charge >= 0.3 is 0 Å². The first-order valence-electron chi connectivity index (χ1n) is 5.38. The van der Waals surface area contributed by atoms with Gasteiger partial charge in [0, 0.05) is 5.56 Å². The molecule has 0 radical (unpaired) electrons. The highest BCUT2D eigenvalue weighted by atomic mass is 35.5. The Morgan fingerprint density at radius 3 is 2.68 bits per heavy atom. The molecule has 0 atom stereocenters. The molecule has 0 unspecified atom stereocenters. The summed E-state index contributed by atoms with van der Waals surface area (Å²) in [7, 11) is 0. The Kier molecular flexibility index (Phi) is 3.82. The van der Waals surface area contributed by atoms with Crippen molar-refractivity contribution in [2.24, 2.45) is 5.10 Å². The van der Waals surface area contributed by atoms with Gasteiger partial charge in [0.2, 0.25) is 0 Å². The van der Waals surface area contributed by atoms with Gasteiger partial charge in [-0.2, -0.15) is 5.10 Å². The Morgan fingerprint density at radius 2 is 2.00 bits per heavy atom. The molecule has 0 saturated heterocycles. The van der Waals surface area contributed by atoms with Gasteiger partial charge in [0.05, 0.1) is 5.71 Å². The number of aromatic nitrogens is 2. The van der Waals surface area contributed by atoms with E-state index in [1.54, 1.807) is 19.1 Å². The minimum atomic E-state index is 0.0306. The molecule has 0 aliphatic rings. The molecule has 3 N–H and O–H groups in total. The van der Waals surface area contributed by atoms with E-state index in [1.165, 1.54) is 18.2 Å². The monoisotopic (exact) mass is 278 g/mol. The van der Waals surface area contributed by atoms with Crippen LogP contribution in [-0.4, -0.2) is 26.1 Å². The number of nitrogens with one attached hydrogen (secondary N) is 1. The predicted octanol–water partition coefficient (Wildman–Crippen LogP) is 2.38. The van der Waals surface area contributed by atoms with Crippen LogP contribution in [0.2, 0.25) is 5.15 Å². The van der Waals surface area contributed by atoms with E-state index in [4.69, 9.17) is 11.6 Å². The van der Waals surface area contributed by atoms with Gasteiger partial charge in [-0.1, -0.05) is 11.6 Å². The van der Waals surface area contributed by atoms with Crippen molar-refractivity contribution in [2.45, 2.75) is 6.92 Å². The highest BCUT2D eigenvalue weighted by Crippen LogP contribution is 2.22. The molecule has 19 heavy (non-hydrogen) atoms. The smallest absolute Gasteiger partial charge is 0.168 e. The van der Waals surface area contributed by atoms with Gasteiger partial charge in [0.15, 0.2) is 11.0 Å². The van der Waals surface area contributed by atoms with Gasteiger partial charge in [-0.05, 0) is 37.3 Å². The Hall–Kier alpha value is -2.34.